The van der Waals surface area contributed by atoms with Crippen LogP contribution in [-0.4, -0.2) is 42.0 Å². The van der Waals surface area contributed by atoms with Gasteiger partial charge in [0.25, 0.3) is 0 Å². The molecule has 0 aromatic carbocycles. The quantitative estimate of drug-likeness (QED) is 0.458. The van der Waals surface area contributed by atoms with Crippen LogP contribution in [0.25, 0.3) is 0 Å². The second kappa shape index (κ2) is 8.16. The van der Waals surface area contributed by atoms with Crippen LogP contribution in [-0.2, 0) is 19.1 Å². The predicted molar refractivity (Wildman–Crippen MR) is 74.9 cm³/mol. The van der Waals surface area contributed by atoms with Gasteiger partial charge < -0.3 is 10.1 Å². The minimum absolute atomic E-state index is 0.220. The van der Waals surface area contributed by atoms with E-state index >= 15 is 0 Å². The number of amides is 1. The molecule has 20 heavy (non-hydrogen) atoms. The van der Waals surface area contributed by atoms with Crippen molar-refractivity contribution in [2.24, 2.45) is 10.9 Å². The van der Waals surface area contributed by atoms with Gasteiger partial charge >= 0.3 is 5.97 Å². The third kappa shape index (κ3) is 5.27. The van der Waals surface area contributed by atoms with Crippen molar-refractivity contribution in [3.63, 3.8) is 0 Å². The van der Waals surface area contributed by atoms with E-state index in [1.54, 1.807) is 12.3 Å². The number of aliphatic imine (C=N–C) groups is 1. The molecule has 0 radical (unpaired) electrons. The lowest BCUT2D eigenvalue weighted by molar-refractivity contribution is -0.141. The highest BCUT2D eigenvalue weighted by Crippen LogP contribution is 2.11. The van der Waals surface area contributed by atoms with E-state index in [1.165, 1.54) is 24.5 Å². The average molecular weight is 297 g/mol. The summed E-state index contributed by atoms with van der Waals surface area (Å²) in [4.78, 5) is 42.1. The van der Waals surface area contributed by atoms with Crippen molar-refractivity contribution in [1.82, 2.24) is 4.98 Å². The minimum Gasteiger partial charge on any atom is -0.465 e. The van der Waals surface area contributed by atoms with Gasteiger partial charge in [-0.15, -0.1) is 11.3 Å². The maximum Gasteiger partial charge on any atom is 0.327 e. The van der Waals surface area contributed by atoms with E-state index < -0.39 is 17.8 Å². The molecular formula is C12H15N3O4S. The number of ketones is 1. The summed E-state index contributed by atoms with van der Waals surface area (Å²) in [6, 6.07) is 0. The summed E-state index contributed by atoms with van der Waals surface area (Å²) in [6.07, 6.45) is 2.69. The van der Waals surface area contributed by atoms with E-state index in [1.807, 2.05) is 0 Å². The molecule has 1 aromatic rings. The zero-order valence-electron chi connectivity index (χ0n) is 11.2. The average Bonchev–Trinajstić information content (AvgIpc) is 2.87. The van der Waals surface area contributed by atoms with Crippen LogP contribution in [0.4, 0.5) is 5.13 Å². The first kappa shape index (κ1) is 16.0. The second-order valence-corrected chi connectivity index (χ2v) is 4.60. The lowest BCUT2D eigenvalue weighted by atomic mass is 10.1. The minimum atomic E-state index is -1.05. The summed E-state index contributed by atoms with van der Waals surface area (Å²) >= 11 is 1.24. The number of nitrogens with one attached hydrogen (secondary N) is 1. The number of rotatable bonds is 7. The van der Waals surface area contributed by atoms with Crippen molar-refractivity contribution >= 4 is 40.3 Å². The molecule has 0 aliphatic heterocycles. The van der Waals surface area contributed by atoms with Crippen molar-refractivity contribution in [1.29, 1.82) is 0 Å². The number of ether oxygens (including phenoxy) is 1. The van der Waals surface area contributed by atoms with Gasteiger partial charge in [0.05, 0.1) is 6.61 Å². The molecule has 0 saturated heterocycles. The van der Waals surface area contributed by atoms with Crippen molar-refractivity contribution in [3.8, 4) is 0 Å². The Kier molecular flexibility index (Phi) is 6.51. The van der Waals surface area contributed by atoms with E-state index in [2.05, 4.69) is 20.0 Å². The zero-order chi connectivity index (χ0) is 15.0. The molecule has 108 valence electrons. The van der Waals surface area contributed by atoms with Crippen LogP contribution in [0.2, 0.25) is 0 Å². The fraction of sp³-hybridized carbons (Fsp3) is 0.417. The number of carbonyl (C=O) groups is 3. The van der Waals surface area contributed by atoms with Crippen molar-refractivity contribution < 1.29 is 19.1 Å². The lowest BCUT2D eigenvalue weighted by Crippen LogP contribution is -2.29. The molecule has 0 spiro atoms. The normalized spacial score (nSPS) is 12.1. The highest BCUT2D eigenvalue weighted by atomic mass is 32.1. The lowest BCUT2D eigenvalue weighted by Gasteiger charge is -2.07. The second-order valence-electron chi connectivity index (χ2n) is 3.71. The summed E-state index contributed by atoms with van der Waals surface area (Å²) in [5, 5.41) is 4.61. The first-order valence-corrected chi connectivity index (χ1v) is 6.79. The SMILES string of the molecule is CCOC(=O)CN=CC(C(C)=O)C(=O)Nc1nccs1. The maximum atomic E-state index is 11.9. The van der Waals surface area contributed by atoms with Crippen LogP contribution >= 0.6 is 11.3 Å². The molecule has 8 heteroatoms. The third-order valence-electron chi connectivity index (χ3n) is 2.16. The van der Waals surface area contributed by atoms with E-state index in [0.717, 1.165) is 6.21 Å². The standard InChI is InChI=1S/C12H15N3O4S/c1-3-19-10(17)7-13-6-9(8(2)16)11(18)15-12-14-4-5-20-12/h4-6,9H,3,7H2,1-2H3,(H,14,15,18). The van der Waals surface area contributed by atoms with Crippen LogP contribution in [0.5, 0.6) is 0 Å². The van der Waals surface area contributed by atoms with E-state index in [9.17, 15) is 14.4 Å². The molecular weight excluding hydrogens is 282 g/mol. The number of hydrogen-bond donors (Lipinski definition) is 1. The molecule has 0 aliphatic carbocycles. The predicted octanol–water partition coefficient (Wildman–Crippen LogP) is 0.921. The van der Waals surface area contributed by atoms with Crippen LogP contribution in [0.3, 0.4) is 0 Å². The first-order valence-electron chi connectivity index (χ1n) is 5.91. The van der Waals surface area contributed by atoms with Crippen LogP contribution in [0.1, 0.15) is 13.8 Å². The van der Waals surface area contributed by atoms with Gasteiger partial charge in [-0.05, 0) is 13.8 Å². The number of aromatic nitrogens is 1. The number of Topliss-reactive ketones (excluding diaryl/α,β-unsaturated/α-hetero) is 1. The molecule has 1 atom stereocenters. The molecule has 0 bridgehead atoms. The molecule has 1 aromatic heterocycles. The van der Waals surface area contributed by atoms with Gasteiger partial charge in [0.2, 0.25) is 5.91 Å². The van der Waals surface area contributed by atoms with Crippen LogP contribution < -0.4 is 5.32 Å². The molecule has 1 unspecified atom stereocenters. The molecule has 7 nitrogen and oxygen atoms in total. The molecule has 1 heterocycles. The number of nitrogens with zero attached hydrogens (tertiary/aromatic N) is 2. The number of hydrogen-bond acceptors (Lipinski definition) is 7. The Morgan fingerprint density at radius 3 is 2.85 bits per heavy atom. The van der Waals surface area contributed by atoms with Gasteiger partial charge in [-0.2, -0.15) is 0 Å². The molecule has 0 fully saturated rings. The van der Waals surface area contributed by atoms with E-state index in [-0.39, 0.29) is 18.9 Å². The Morgan fingerprint density at radius 2 is 2.30 bits per heavy atom. The summed E-state index contributed by atoms with van der Waals surface area (Å²) < 4.78 is 4.68. The Balaban J connectivity index is 2.60. The van der Waals surface area contributed by atoms with E-state index in [4.69, 9.17) is 0 Å². The van der Waals surface area contributed by atoms with Crippen LogP contribution in [0, 0.1) is 5.92 Å². The third-order valence-corrected chi connectivity index (χ3v) is 2.85. The smallest absolute Gasteiger partial charge is 0.327 e. The first-order chi connectivity index (χ1) is 9.54. The zero-order valence-corrected chi connectivity index (χ0v) is 12.0. The summed E-state index contributed by atoms with van der Waals surface area (Å²) in [6.45, 7) is 3.00. The highest BCUT2D eigenvalue weighted by molar-refractivity contribution is 7.13. The summed E-state index contributed by atoms with van der Waals surface area (Å²) in [7, 11) is 0. The van der Waals surface area contributed by atoms with Crippen molar-refractivity contribution in [2.75, 3.05) is 18.5 Å². The Morgan fingerprint density at radius 1 is 1.55 bits per heavy atom. The number of esters is 1. The molecule has 1 amide bonds. The Labute approximate surface area is 120 Å². The monoisotopic (exact) mass is 297 g/mol. The van der Waals surface area contributed by atoms with Crippen LogP contribution in [0.15, 0.2) is 16.6 Å². The molecule has 0 aliphatic rings. The van der Waals surface area contributed by atoms with Gasteiger partial charge in [0, 0.05) is 17.8 Å². The van der Waals surface area contributed by atoms with Crippen molar-refractivity contribution in [3.05, 3.63) is 11.6 Å². The van der Waals surface area contributed by atoms with Gasteiger partial charge in [-0.25, -0.2) is 4.98 Å². The van der Waals surface area contributed by atoms with Gasteiger partial charge in [-0.1, -0.05) is 0 Å². The van der Waals surface area contributed by atoms with Gasteiger partial charge in [0.1, 0.15) is 18.2 Å². The molecule has 0 saturated carbocycles. The van der Waals surface area contributed by atoms with Crippen molar-refractivity contribution in [2.45, 2.75) is 13.8 Å². The van der Waals surface area contributed by atoms with Gasteiger partial charge in [-0.3, -0.25) is 19.4 Å². The number of anilines is 1. The highest BCUT2D eigenvalue weighted by Gasteiger charge is 2.22. The van der Waals surface area contributed by atoms with E-state index in [0.29, 0.717) is 5.13 Å². The summed E-state index contributed by atoms with van der Waals surface area (Å²) in [5.41, 5.74) is 0. The number of thiazole rings is 1. The Bertz CT molecular complexity index is 499. The fourth-order valence-corrected chi connectivity index (χ4v) is 1.80. The molecule has 1 N–H and O–H groups in total. The van der Waals surface area contributed by atoms with Gasteiger partial charge in [0.15, 0.2) is 5.13 Å². The number of carbonyl (C=O) groups excluding carboxylic acids is 3. The topological polar surface area (TPSA) is 97.7 Å². The summed E-state index contributed by atoms with van der Waals surface area (Å²) in [5.74, 6) is -2.45. The maximum absolute atomic E-state index is 11.9. The molecule has 1 rings (SSSR count). The largest absolute Gasteiger partial charge is 0.465 e. The fourth-order valence-electron chi connectivity index (χ4n) is 1.26. The Hall–Kier alpha value is -2.09.